The number of nitrogens with one attached hydrogen (secondary N) is 1. The number of hydrogen-bond donors (Lipinski definition) is 1. The van der Waals surface area contributed by atoms with Gasteiger partial charge >= 0.3 is 0 Å². The molecule has 1 unspecified atom stereocenters. The van der Waals surface area contributed by atoms with Crippen LogP contribution in [-0.4, -0.2) is 6.79 Å². The Morgan fingerprint density at radius 3 is 2.76 bits per heavy atom. The van der Waals surface area contributed by atoms with Gasteiger partial charge in [0.1, 0.15) is 0 Å². The van der Waals surface area contributed by atoms with Crippen LogP contribution in [-0.2, 0) is 0 Å². The van der Waals surface area contributed by atoms with E-state index in [0.717, 1.165) is 11.3 Å². The molecule has 0 bridgehead atoms. The van der Waals surface area contributed by atoms with Crippen molar-refractivity contribution in [3.8, 4) is 17.6 Å². The molecule has 21 heavy (non-hydrogen) atoms. The molecule has 1 aliphatic heterocycles. The average molecular weight is 301 g/mol. The first kappa shape index (κ1) is 13.6. The fraction of sp³-hybridized carbons (Fsp3) is 0.188. The monoisotopic (exact) mass is 300 g/mol. The lowest BCUT2D eigenvalue weighted by molar-refractivity contribution is 0.174. The minimum atomic E-state index is 0.0103. The van der Waals surface area contributed by atoms with E-state index in [1.165, 1.54) is 0 Å². The Bertz CT molecular complexity index is 725. The highest BCUT2D eigenvalue weighted by Gasteiger charge is 2.17. The summed E-state index contributed by atoms with van der Waals surface area (Å²) < 4.78 is 10.6. The van der Waals surface area contributed by atoms with E-state index >= 15 is 0 Å². The molecule has 1 N–H and O–H groups in total. The first-order valence-corrected chi connectivity index (χ1v) is 6.91. The Hall–Kier alpha value is -2.38. The summed E-state index contributed by atoms with van der Waals surface area (Å²) in [6.45, 7) is 2.23. The summed E-state index contributed by atoms with van der Waals surface area (Å²) in [6.07, 6.45) is 0. The van der Waals surface area contributed by atoms with Crippen LogP contribution in [0, 0.1) is 11.3 Å². The molecule has 2 aromatic carbocycles. The van der Waals surface area contributed by atoms with Gasteiger partial charge in [0.25, 0.3) is 0 Å². The third-order valence-electron chi connectivity index (χ3n) is 3.35. The number of fused-ring (bicyclic) bond motifs is 1. The molecule has 0 amide bonds. The minimum Gasteiger partial charge on any atom is -0.454 e. The van der Waals surface area contributed by atoms with Gasteiger partial charge in [-0.25, -0.2) is 0 Å². The van der Waals surface area contributed by atoms with Crippen molar-refractivity contribution in [2.45, 2.75) is 13.0 Å². The highest BCUT2D eigenvalue weighted by atomic mass is 35.5. The molecular weight excluding hydrogens is 288 g/mol. The van der Waals surface area contributed by atoms with Crippen LogP contribution in [0.4, 0.5) is 5.69 Å². The lowest BCUT2D eigenvalue weighted by Gasteiger charge is -2.17. The molecule has 0 radical (unpaired) electrons. The van der Waals surface area contributed by atoms with E-state index in [1.807, 2.05) is 31.2 Å². The number of rotatable bonds is 3. The molecule has 0 fully saturated rings. The van der Waals surface area contributed by atoms with Gasteiger partial charge in [-0.3, -0.25) is 0 Å². The fourth-order valence-electron chi connectivity index (χ4n) is 2.22. The summed E-state index contributed by atoms with van der Waals surface area (Å²) in [5.74, 6) is 1.34. The summed E-state index contributed by atoms with van der Waals surface area (Å²) in [4.78, 5) is 0. The van der Waals surface area contributed by atoms with Crippen LogP contribution in [0.1, 0.15) is 24.1 Å². The van der Waals surface area contributed by atoms with Crippen LogP contribution in [0.15, 0.2) is 36.4 Å². The van der Waals surface area contributed by atoms with Crippen molar-refractivity contribution in [3.05, 3.63) is 52.5 Å². The SMILES string of the molecule is CC(Nc1cc2c(cc1Cl)OCO2)c1cccc(C#N)c1. The number of ether oxygens (including phenoxy) is 2. The summed E-state index contributed by atoms with van der Waals surface area (Å²) in [5, 5.41) is 12.9. The Morgan fingerprint density at radius 1 is 1.24 bits per heavy atom. The van der Waals surface area contributed by atoms with Crippen molar-refractivity contribution < 1.29 is 9.47 Å². The Kier molecular flexibility index (Phi) is 3.59. The van der Waals surface area contributed by atoms with Gasteiger partial charge in [-0.2, -0.15) is 5.26 Å². The Morgan fingerprint density at radius 2 is 2.00 bits per heavy atom. The maximum Gasteiger partial charge on any atom is 0.231 e. The van der Waals surface area contributed by atoms with Crippen molar-refractivity contribution in [1.82, 2.24) is 0 Å². The Balaban J connectivity index is 1.84. The topological polar surface area (TPSA) is 54.3 Å². The molecule has 0 spiro atoms. The van der Waals surface area contributed by atoms with E-state index < -0.39 is 0 Å². The normalized spacial score (nSPS) is 13.6. The number of nitrogens with zero attached hydrogens (tertiary/aromatic N) is 1. The number of nitriles is 1. The fourth-order valence-corrected chi connectivity index (χ4v) is 2.43. The van der Waals surface area contributed by atoms with Crippen molar-refractivity contribution in [2.24, 2.45) is 0 Å². The van der Waals surface area contributed by atoms with Crippen LogP contribution in [0.5, 0.6) is 11.5 Å². The number of benzene rings is 2. The van der Waals surface area contributed by atoms with E-state index in [-0.39, 0.29) is 12.8 Å². The van der Waals surface area contributed by atoms with Gasteiger partial charge < -0.3 is 14.8 Å². The molecule has 3 rings (SSSR count). The van der Waals surface area contributed by atoms with Gasteiger partial charge in [0, 0.05) is 18.2 Å². The van der Waals surface area contributed by atoms with E-state index in [2.05, 4.69) is 11.4 Å². The second-order valence-electron chi connectivity index (χ2n) is 4.79. The molecular formula is C16H13ClN2O2. The van der Waals surface area contributed by atoms with Crippen molar-refractivity contribution in [2.75, 3.05) is 12.1 Å². The first-order chi connectivity index (χ1) is 10.2. The predicted molar refractivity (Wildman–Crippen MR) is 80.8 cm³/mol. The third-order valence-corrected chi connectivity index (χ3v) is 3.66. The van der Waals surface area contributed by atoms with Crippen molar-refractivity contribution >= 4 is 17.3 Å². The van der Waals surface area contributed by atoms with Gasteiger partial charge in [0.2, 0.25) is 6.79 Å². The highest BCUT2D eigenvalue weighted by molar-refractivity contribution is 6.33. The minimum absolute atomic E-state index is 0.0103. The molecule has 1 heterocycles. The standard InChI is InChI=1S/C16H13ClN2O2/c1-10(12-4-2-3-11(5-12)8-18)19-14-7-16-15(6-13(14)17)20-9-21-16/h2-7,10,19H,9H2,1H3. The summed E-state index contributed by atoms with van der Waals surface area (Å²) in [7, 11) is 0. The van der Waals surface area contributed by atoms with E-state index in [1.54, 1.807) is 12.1 Å². The Labute approximate surface area is 127 Å². The maximum atomic E-state index is 8.96. The van der Waals surface area contributed by atoms with Crippen LogP contribution < -0.4 is 14.8 Å². The first-order valence-electron chi connectivity index (χ1n) is 6.53. The summed E-state index contributed by atoms with van der Waals surface area (Å²) in [5.41, 5.74) is 2.43. The molecule has 2 aromatic rings. The molecule has 0 saturated carbocycles. The van der Waals surface area contributed by atoms with Crippen LogP contribution in [0.25, 0.3) is 0 Å². The summed E-state index contributed by atoms with van der Waals surface area (Å²) in [6, 6.07) is 13.2. The predicted octanol–water partition coefficient (Wildman–Crippen LogP) is 4.11. The average Bonchev–Trinajstić information content (AvgIpc) is 2.94. The molecule has 1 atom stereocenters. The van der Waals surface area contributed by atoms with E-state index in [9.17, 15) is 0 Å². The maximum absolute atomic E-state index is 8.96. The van der Waals surface area contributed by atoms with E-state index in [4.69, 9.17) is 26.3 Å². The molecule has 0 aliphatic carbocycles. The zero-order valence-corrected chi connectivity index (χ0v) is 12.1. The molecule has 0 saturated heterocycles. The zero-order chi connectivity index (χ0) is 14.8. The van der Waals surface area contributed by atoms with Crippen molar-refractivity contribution in [1.29, 1.82) is 5.26 Å². The molecule has 5 heteroatoms. The third kappa shape index (κ3) is 2.74. The van der Waals surface area contributed by atoms with Gasteiger partial charge in [-0.15, -0.1) is 0 Å². The molecule has 106 valence electrons. The van der Waals surface area contributed by atoms with Gasteiger partial charge in [-0.05, 0) is 24.6 Å². The van der Waals surface area contributed by atoms with Gasteiger partial charge in [0.05, 0.1) is 22.3 Å². The lowest BCUT2D eigenvalue weighted by atomic mass is 10.1. The second kappa shape index (κ2) is 5.55. The van der Waals surface area contributed by atoms with Crippen LogP contribution >= 0.6 is 11.6 Å². The number of hydrogen-bond acceptors (Lipinski definition) is 4. The molecule has 0 aromatic heterocycles. The van der Waals surface area contributed by atoms with Crippen molar-refractivity contribution in [3.63, 3.8) is 0 Å². The lowest BCUT2D eigenvalue weighted by Crippen LogP contribution is -2.07. The van der Waals surface area contributed by atoms with Crippen LogP contribution in [0.2, 0.25) is 5.02 Å². The molecule has 4 nitrogen and oxygen atoms in total. The number of anilines is 1. The van der Waals surface area contributed by atoms with Gasteiger partial charge in [0.15, 0.2) is 11.5 Å². The number of halogens is 1. The zero-order valence-electron chi connectivity index (χ0n) is 11.4. The van der Waals surface area contributed by atoms with Gasteiger partial charge in [-0.1, -0.05) is 23.7 Å². The summed E-state index contributed by atoms with van der Waals surface area (Å²) >= 11 is 6.25. The smallest absolute Gasteiger partial charge is 0.231 e. The van der Waals surface area contributed by atoms with E-state index in [0.29, 0.717) is 22.1 Å². The largest absolute Gasteiger partial charge is 0.454 e. The quantitative estimate of drug-likeness (QED) is 0.926. The molecule has 1 aliphatic rings. The van der Waals surface area contributed by atoms with Crippen LogP contribution in [0.3, 0.4) is 0 Å². The highest BCUT2D eigenvalue weighted by Crippen LogP contribution is 2.40. The second-order valence-corrected chi connectivity index (χ2v) is 5.20.